The number of hydrogen-bond acceptors (Lipinski definition) is 3. The number of rotatable bonds is 6. The molecule has 0 bridgehead atoms. The predicted octanol–water partition coefficient (Wildman–Crippen LogP) is 3.90. The maximum Gasteiger partial charge on any atom is 0.0569 e. The molecule has 1 aromatic heterocycles. The maximum absolute atomic E-state index is 5.88. The van der Waals surface area contributed by atoms with E-state index in [1.54, 1.807) is 0 Å². The van der Waals surface area contributed by atoms with Crippen LogP contribution in [0.1, 0.15) is 64.6 Å². The molecule has 0 saturated heterocycles. The van der Waals surface area contributed by atoms with E-state index in [4.69, 9.17) is 5.73 Å². The largest absolute Gasteiger partial charge is 0.367 e. The van der Waals surface area contributed by atoms with Gasteiger partial charge in [-0.1, -0.05) is 26.7 Å². The summed E-state index contributed by atoms with van der Waals surface area (Å²) in [5.41, 5.74) is 8.13. The molecule has 1 atom stereocenters. The molecule has 0 aliphatic heterocycles. The van der Waals surface area contributed by atoms with E-state index in [9.17, 15) is 0 Å². The molecule has 1 fully saturated rings. The summed E-state index contributed by atoms with van der Waals surface area (Å²) in [5, 5.41) is 0. The van der Waals surface area contributed by atoms with Crippen molar-refractivity contribution in [2.24, 2.45) is 11.7 Å². The van der Waals surface area contributed by atoms with E-state index < -0.39 is 0 Å². The van der Waals surface area contributed by atoms with Crippen LogP contribution in [0.3, 0.4) is 0 Å². The first kappa shape index (κ1) is 15.3. The molecule has 3 nitrogen and oxygen atoms in total. The fraction of sp³-hybridized carbons (Fsp3) is 0.706. The first-order chi connectivity index (χ1) is 9.58. The van der Waals surface area contributed by atoms with Crippen molar-refractivity contribution in [1.29, 1.82) is 0 Å². The normalized spacial score (nSPS) is 17.6. The Morgan fingerprint density at radius 2 is 1.95 bits per heavy atom. The molecule has 0 aromatic carbocycles. The van der Waals surface area contributed by atoms with Gasteiger partial charge < -0.3 is 10.6 Å². The number of hydrogen-bond donors (Lipinski definition) is 1. The second-order valence-corrected chi connectivity index (χ2v) is 6.54. The Morgan fingerprint density at radius 3 is 2.45 bits per heavy atom. The Balaban J connectivity index is 2.11. The third kappa shape index (κ3) is 3.95. The molecule has 1 unspecified atom stereocenters. The van der Waals surface area contributed by atoms with Crippen LogP contribution in [0.15, 0.2) is 18.3 Å². The molecule has 1 aliphatic rings. The summed E-state index contributed by atoms with van der Waals surface area (Å²) in [5.74, 6) is 0.746. The summed E-state index contributed by atoms with van der Waals surface area (Å²) in [4.78, 5) is 7.11. The zero-order chi connectivity index (χ0) is 14.5. The van der Waals surface area contributed by atoms with Crippen LogP contribution in [0.25, 0.3) is 0 Å². The molecule has 20 heavy (non-hydrogen) atoms. The summed E-state index contributed by atoms with van der Waals surface area (Å²) in [6.45, 7) is 7.71. The van der Waals surface area contributed by atoms with Gasteiger partial charge in [-0.05, 0) is 44.2 Å². The molecular weight excluding hydrogens is 246 g/mol. The van der Waals surface area contributed by atoms with E-state index in [-0.39, 0.29) is 6.04 Å². The quantitative estimate of drug-likeness (QED) is 0.856. The lowest BCUT2D eigenvalue weighted by Crippen LogP contribution is -2.34. The Hall–Kier alpha value is -1.09. The SMILES string of the molecule is CC(C)CCN(c1ccc(C(C)N)nc1)C1CCCC1. The standard InChI is InChI=1S/C17H29N3/c1-13(2)10-11-20(15-6-4-5-7-15)16-8-9-17(14(3)18)19-12-16/h8-9,12-15H,4-7,10-11,18H2,1-3H3. The van der Waals surface area contributed by atoms with Gasteiger partial charge in [0.05, 0.1) is 17.6 Å². The Morgan fingerprint density at radius 1 is 1.25 bits per heavy atom. The molecule has 2 N–H and O–H groups in total. The summed E-state index contributed by atoms with van der Waals surface area (Å²) in [7, 11) is 0. The Labute approximate surface area is 123 Å². The van der Waals surface area contributed by atoms with Crippen LogP contribution in [0.2, 0.25) is 0 Å². The fourth-order valence-electron chi connectivity index (χ4n) is 2.97. The number of aromatic nitrogens is 1. The first-order valence-electron chi connectivity index (χ1n) is 8.06. The molecule has 2 rings (SSSR count). The van der Waals surface area contributed by atoms with Crippen molar-refractivity contribution in [2.75, 3.05) is 11.4 Å². The van der Waals surface area contributed by atoms with E-state index in [0.29, 0.717) is 6.04 Å². The lowest BCUT2D eigenvalue weighted by Gasteiger charge is -2.31. The van der Waals surface area contributed by atoms with Gasteiger partial charge >= 0.3 is 0 Å². The van der Waals surface area contributed by atoms with Crippen LogP contribution in [0, 0.1) is 5.92 Å². The van der Waals surface area contributed by atoms with Crippen molar-refractivity contribution < 1.29 is 0 Å². The van der Waals surface area contributed by atoms with E-state index in [1.165, 1.54) is 37.8 Å². The monoisotopic (exact) mass is 275 g/mol. The predicted molar refractivity (Wildman–Crippen MR) is 85.9 cm³/mol. The van der Waals surface area contributed by atoms with Gasteiger partial charge in [0.25, 0.3) is 0 Å². The lowest BCUT2D eigenvalue weighted by atomic mass is 10.1. The second-order valence-electron chi connectivity index (χ2n) is 6.54. The van der Waals surface area contributed by atoms with Gasteiger partial charge in [0.1, 0.15) is 0 Å². The van der Waals surface area contributed by atoms with Gasteiger partial charge in [0, 0.05) is 18.6 Å². The minimum absolute atomic E-state index is 0.0136. The minimum Gasteiger partial charge on any atom is -0.367 e. The summed E-state index contributed by atoms with van der Waals surface area (Å²) >= 11 is 0. The van der Waals surface area contributed by atoms with Crippen molar-refractivity contribution in [2.45, 2.75) is 65.0 Å². The van der Waals surface area contributed by atoms with Crippen molar-refractivity contribution in [3.63, 3.8) is 0 Å². The average molecular weight is 275 g/mol. The summed E-state index contributed by atoms with van der Waals surface area (Å²) < 4.78 is 0. The molecular formula is C17H29N3. The van der Waals surface area contributed by atoms with E-state index in [0.717, 1.165) is 18.2 Å². The minimum atomic E-state index is 0.0136. The van der Waals surface area contributed by atoms with Crippen molar-refractivity contribution in [3.05, 3.63) is 24.0 Å². The van der Waals surface area contributed by atoms with Crippen LogP contribution in [0.5, 0.6) is 0 Å². The molecule has 0 amide bonds. The number of pyridine rings is 1. The third-order valence-electron chi connectivity index (χ3n) is 4.28. The van der Waals surface area contributed by atoms with Crippen LogP contribution in [-0.4, -0.2) is 17.6 Å². The van der Waals surface area contributed by atoms with Gasteiger partial charge in [0.15, 0.2) is 0 Å². The van der Waals surface area contributed by atoms with Gasteiger partial charge in [-0.3, -0.25) is 4.98 Å². The van der Waals surface area contributed by atoms with E-state index >= 15 is 0 Å². The number of nitrogens with zero attached hydrogens (tertiary/aromatic N) is 2. The zero-order valence-corrected chi connectivity index (χ0v) is 13.2. The molecule has 3 heteroatoms. The second kappa shape index (κ2) is 7.07. The van der Waals surface area contributed by atoms with Gasteiger partial charge in [0.2, 0.25) is 0 Å². The van der Waals surface area contributed by atoms with Crippen LogP contribution >= 0.6 is 0 Å². The smallest absolute Gasteiger partial charge is 0.0569 e. The molecule has 1 aliphatic carbocycles. The van der Waals surface area contributed by atoms with Gasteiger partial charge in [-0.2, -0.15) is 0 Å². The highest BCUT2D eigenvalue weighted by molar-refractivity contribution is 5.46. The first-order valence-corrected chi connectivity index (χ1v) is 8.06. The van der Waals surface area contributed by atoms with E-state index in [1.807, 2.05) is 13.1 Å². The molecule has 112 valence electrons. The van der Waals surface area contributed by atoms with E-state index in [2.05, 4.69) is 35.9 Å². The van der Waals surface area contributed by atoms with Crippen LogP contribution in [0.4, 0.5) is 5.69 Å². The lowest BCUT2D eigenvalue weighted by molar-refractivity contribution is 0.528. The molecule has 0 spiro atoms. The van der Waals surface area contributed by atoms with Gasteiger partial charge in [-0.25, -0.2) is 0 Å². The van der Waals surface area contributed by atoms with Crippen molar-refractivity contribution >= 4 is 5.69 Å². The highest BCUT2D eigenvalue weighted by Crippen LogP contribution is 2.29. The zero-order valence-electron chi connectivity index (χ0n) is 13.2. The third-order valence-corrected chi connectivity index (χ3v) is 4.28. The fourth-order valence-corrected chi connectivity index (χ4v) is 2.97. The average Bonchev–Trinajstić information content (AvgIpc) is 2.93. The number of anilines is 1. The highest BCUT2D eigenvalue weighted by atomic mass is 15.2. The molecule has 0 radical (unpaired) electrons. The summed E-state index contributed by atoms with van der Waals surface area (Å²) in [6.07, 6.45) is 8.64. The van der Waals surface area contributed by atoms with Gasteiger partial charge in [-0.15, -0.1) is 0 Å². The van der Waals surface area contributed by atoms with Crippen molar-refractivity contribution in [1.82, 2.24) is 4.98 Å². The highest BCUT2D eigenvalue weighted by Gasteiger charge is 2.23. The maximum atomic E-state index is 5.88. The summed E-state index contributed by atoms with van der Waals surface area (Å²) in [6, 6.07) is 5.00. The molecule has 1 saturated carbocycles. The number of nitrogens with two attached hydrogens (primary N) is 1. The molecule has 1 heterocycles. The Kier molecular flexibility index (Phi) is 5.41. The molecule has 1 aromatic rings. The Bertz CT molecular complexity index is 391. The van der Waals surface area contributed by atoms with Crippen LogP contribution < -0.4 is 10.6 Å². The topological polar surface area (TPSA) is 42.1 Å². The van der Waals surface area contributed by atoms with Crippen molar-refractivity contribution in [3.8, 4) is 0 Å². The van der Waals surface area contributed by atoms with Crippen LogP contribution in [-0.2, 0) is 0 Å².